The summed E-state index contributed by atoms with van der Waals surface area (Å²) in [6.45, 7) is 2.44. The van der Waals surface area contributed by atoms with Crippen LogP contribution in [0.2, 0.25) is 5.02 Å². The van der Waals surface area contributed by atoms with Crippen LogP contribution in [0.4, 0.5) is 5.69 Å². The summed E-state index contributed by atoms with van der Waals surface area (Å²) < 4.78 is 5.35. The third-order valence-electron chi connectivity index (χ3n) is 3.60. The molecule has 0 atom stereocenters. The third kappa shape index (κ3) is 3.70. The van der Waals surface area contributed by atoms with Crippen LogP contribution in [0.15, 0.2) is 52.6 Å². The van der Waals surface area contributed by atoms with Crippen molar-refractivity contribution in [3.8, 4) is 5.75 Å². The van der Waals surface area contributed by atoms with Crippen LogP contribution in [0, 0.1) is 0 Å². The Bertz CT molecular complexity index is 867. The number of amidine groups is 1. The number of benzene rings is 1. The first-order valence-electron chi connectivity index (χ1n) is 7.66. The van der Waals surface area contributed by atoms with E-state index in [0.29, 0.717) is 33.1 Å². The summed E-state index contributed by atoms with van der Waals surface area (Å²) in [6.07, 6.45) is 4.98. The molecule has 1 aromatic heterocycles. The van der Waals surface area contributed by atoms with Crippen LogP contribution < -0.4 is 4.74 Å². The highest BCUT2D eigenvalue weighted by Crippen LogP contribution is 2.36. The number of para-hydroxylation sites is 1. The van der Waals surface area contributed by atoms with Crippen molar-refractivity contribution in [1.82, 2.24) is 9.88 Å². The minimum Gasteiger partial charge on any atom is -0.496 e. The molecule has 25 heavy (non-hydrogen) atoms. The molecule has 0 N–H and O–H groups in total. The van der Waals surface area contributed by atoms with Crippen molar-refractivity contribution in [2.45, 2.75) is 6.92 Å². The van der Waals surface area contributed by atoms with Crippen molar-refractivity contribution in [2.75, 3.05) is 13.7 Å². The second kappa shape index (κ2) is 7.72. The number of aliphatic imine (C=N–C) groups is 1. The molecule has 0 bridgehead atoms. The summed E-state index contributed by atoms with van der Waals surface area (Å²) >= 11 is 7.44. The lowest BCUT2D eigenvalue weighted by molar-refractivity contribution is -0.122. The molecule has 0 saturated carbocycles. The van der Waals surface area contributed by atoms with Crippen molar-refractivity contribution < 1.29 is 9.53 Å². The van der Waals surface area contributed by atoms with Crippen molar-refractivity contribution >= 4 is 46.2 Å². The fraction of sp³-hybridized carbons (Fsp3) is 0.167. The quantitative estimate of drug-likeness (QED) is 0.747. The molecule has 7 heteroatoms. The zero-order valence-corrected chi connectivity index (χ0v) is 15.3. The SMILES string of the molecule is CCN1C(=O)/C(=C/c2ccccc2OC)SC1=Nc1ccncc1Cl. The van der Waals surface area contributed by atoms with E-state index in [4.69, 9.17) is 16.3 Å². The summed E-state index contributed by atoms with van der Waals surface area (Å²) in [7, 11) is 1.61. The van der Waals surface area contributed by atoms with Gasteiger partial charge < -0.3 is 4.74 Å². The average Bonchev–Trinajstić information content (AvgIpc) is 2.92. The van der Waals surface area contributed by atoms with Gasteiger partial charge in [-0.3, -0.25) is 14.7 Å². The van der Waals surface area contributed by atoms with Crippen LogP contribution in [0.5, 0.6) is 5.75 Å². The van der Waals surface area contributed by atoms with Gasteiger partial charge in [0.05, 0.1) is 22.7 Å². The molecule has 1 saturated heterocycles. The molecular formula is C18H16ClN3O2S. The number of carbonyl (C=O) groups is 1. The Labute approximate surface area is 155 Å². The average molecular weight is 374 g/mol. The lowest BCUT2D eigenvalue weighted by Gasteiger charge is -2.12. The number of carbonyl (C=O) groups excluding carboxylic acids is 1. The van der Waals surface area contributed by atoms with Gasteiger partial charge in [0, 0.05) is 24.5 Å². The number of ether oxygens (including phenoxy) is 1. The Morgan fingerprint density at radius 3 is 2.88 bits per heavy atom. The van der Waals surface area contributed by atoms with Crippen molar-refractivity contribution in [1.29, 1.82) is 0 Å². The number of likely N-dealkylation sites (N-methyl/N-ethyl adjacent to an activating group) is 1. The molecule has 2 aromatic rings. The van der Waals surface area contributed by atoms with Gasteiger partial charge in [0.1, 0.15) is 5.75 Å². The van der Waals surface area contributed by atoms with E-state index in [1.807, 2.05) is 37.3 Å². The van der Waals surface area contributed by atoms with Crippen LogP contribution in [-0.4, -0.2) is 34.6 Å². The maximum Gasteiger partial charge on any atom is 0.266 e. The first-order chi connectivity index (χ1) is 12.1. The van der Waals surface area contributed by atoms with Gasteiger partial charge in [0.25, 0.3) is 5.91 Å². The maximum absolute atomic E-state index is 12.7. The Morgan fingerprint density at radius 1 is 1.36 bits per heavy atom. The molecule has 0 unspecified atom stereocenters. The molecule has 1 fully saturated rings. The molecule has 128 valence electrons. The minimum absolute atomic E-state index is 0.0812. The van der Waals surface area contributed by atoms with Crippen molar-refractivity contribution in [3.05, 3.63) is 58.2 Å². The van der Waals surface area contributed by atoms with E-state index in [-0.39, 0.29) is 5.91 Å². The van der Waals surface area contributed by atoms with Crippen LogP contribution >= 0.6 is 23.4 Å². The van der Waals surface area contributed by atoms with Crippen LogP contribution in [0.3, 0.4) is 0 Å². The van der Waals surface area contributed by atoms with Gasteiger partial charge in [0.15, 0.2) is 5.17 Å². The van der Waals surface area contributed by atoms with E-state index in [0.717, 1.165) is 5.56 Å². The first-order valence-corrected chi connectivity index (χ1v) is 8.86. The Hall–Kier alpha value is -2.31. The summed E-state index contributed by atoms with van der Waals surface area (Å²) in [5.41, 5.74) is 1.43. The molecule has 0 radical (unpaired) electrons. The molecule has 1 aliphatic rings. The van der Waals surface area contributed by atoms with E-state index < -0.39 is 0 Å². The number of hydrogen-bond donors (Lipinski definition) is 0. The van der Waals surface area contributed by atoms with Gasteiger partial charge in [-0.1, -0.05) is 29.8 Å². The number of halogens is 1. The maximum atomic E-state index is 12.7. The molecule has 0 aliphatic carbocycles. The van der Waals surface area contributed by atoms with Crippen LogP contribution in [0.25, 0.3) is 6.08 Å². The van der Waals surface area contributed by atoms with Crippen LogP contribution in [-0.2, 0) is 4.79 Å². The summed E-state index contributed by atoms with van der Waals surface area (Å²) in [4.78, 5) is 23.4. The van der Waals surface area contributed by atoms with E-state index in [1.165, 1.54) is 18.0 Å². The normalized spacial score (nSPS) is 17.6. The first kappa shape index (κ1) is 17.5. The number of nitrogens with zero attached hydrogens (tertiary/aromatic N) is 3. The highest BCUT2D eigenvalue weighted by Gasteiger charge is 2.32. The zero-order valence-electron chi connectivity index (χ0n) is 13.8. The number of pyridine rings is 1. The van der Waals surface area contributed by atoms with Gasteiger partial charge in [0.2, 0.25) is 0 Å². The molecule has 3 rings (SSSR count). The second-order valence-corrected chi connectivity index (χ2v) is 6.54. The second-order valence-electron chi connectivity index (χ2n) is 5.12. The zero-order chi connectivity index (χ0) is 17.8. The van der Waals surface area contributed by atoms with Crippen LogP contribution in [0.1, 0.15) is 12.5 Å². The Kier molecular flexibility index (Phi) is 5.40. The summed E-state index contributed by atoms with van der Waals surface area (Å²) in [6, 6.07) is 9.28. The van der Waals surface area contributed by atoms with Gasteiger partial charge in [-0.05, 0) is 36.9 Å². The van der Waals surface area contributed by atoms with E-state index in [2.05, 4.69) is 9.98 Å². The summed E-state index contributed by atoms with van der Waals surface area (Å²) in [5, 5.41) is 1.04. The highest BCUT2D eigenvalue weighted by atomic mass is 35.5. The Balaban J connectivity index is 1.98. The summed E-state index contributed by atoms with van der Waals surface area (Å²) in [5.74, 6) is 0.636. The number of thioether (sulfide) groups is 1. The number of aromatic nitrogens is 1. The fourth-order valence-electron chi connectivity index (χ4n) is 2.36. The smallest absolute Gasteiger partial charge is 0.266 e. The Morgan fingerprint density at radius 2 is 2.16 bits per heavy atom. The molecular weight excluding hydrogens is 358 g/mol. The van der Waals surface area contributed by atoms with E-state index in [1.54, 1.807) is 24.3 Å². The van der Waals surface area contributed by atoms with Crippen molar-refractivity contribution in [3.63, 3.8) is 0 Å². The number of hydrogen-bond acceptors (Lipinski definition) is 5. The molecule has 1 aliphatic heterocycles. The van der Waals surface area contributed by atoms with E-state index in [9.17, 15) is 4.79 Å². The standard InChI is InChI=1S/C18H16ClN3O2S/c1-3-22-17(23)16(10-12-6-4-5-7-15(12)24-2)25-18(22)21-14-8-9-20-11-13(14)19/h4-11H,3H2,1-2H3/b16-10-,21-18?. The topological polar surface area (TPSA) is 54.8 Å². The number of rotatable bonds is 4. The highest BCUT2D eigenvalue weighted by molar-refractivity contribution is 8.18. The monoisotopic (exact) mass is 373 g/mol. The minimum atomic E-state index is -0.0812. The lowest BCUT2D eigenvalue weighted by Crippen LogP contribution is -2.28. The van der Waals surface area contributed by atoms with Gasteiger partial charge >= 0.3 is 0 Å². The van der Waals surface area contributed by atoms with Crippen molar-refractivity contribution in [2.24, 2.45) is 4.99 Å². The van der Waals surface area contributed by atoms with E-state index >= 15 is 0 Å². The van der Waals surface area contributed by atoms with Gasteiger partial charge in [-0.15, -0.1) is 0 Å². The largest absolute Gasteiger partial charge is 0.496 e. The molecule has 0 spiro atoms. The predicted octanol–water partition coefficient (Wildman–Crippen LogP) is 4.37. The predicted molar refractivity (Wildman–Crippen MR) is 102 cm³/mol. The number of methoxy groups -OCH3 is 1. The van der Waals surface area contributed by atoms with Gasteiger partial charge in [-0.25, -0.2) is 4.99 Å². The number of amides is 1. The van der Waals surface area contributed by atoms with Gasteiger partial charge in [-0.2, -0.15) is 0 Å². The fourth-order valence-corrected chi connectivity index (χ4v) is 3.57. The third-order valence-corrected chi connectivity index (χ3v) is 4.89. The molecule has 1 aromatic carbocycles. The molecule has 1 amide bonds. The molecule has 5 nitrogen and oxygen atoms in total. The lowest BCUT2D eigenvalue weighted by atomic mass is 10.2. The molecule has 2 heterocycles.